The lowest BCUT2D eigenvalue weighted by atomic mass is 10.2. The van der Waals surface area contributed by atoms with E-state index in [9.17, 15) is 8.42 Å². The molecule has 0 radical (unpaired) electrons. The number of nitrogens with zero attached hydrogens (tertiary/aromatic N) is 2. The second-order valence-corrected chi connectivity index (χ2v) is 6.36. The fourth-order valence-electron chi connectivity index (χ4n) is 1.97. The Hall–Kier alpha value is -1.71. The van der Waals surface area contributed by atoms with Crippen molar-refractivity contribution in [2.24, 2.45) is 0 Å². The summed E-state index contributed by atoms with van der Waals surface area (Å²) in [5, 5.41) is 9.80. The number of aromatic nitrogens is 4. The maximum absolute atomic E-state index is 12.5. The Labute approximate surface area is 123 Å². The number of aryl methyl sites for hydroxylation is 1. The molecule has 0 bridgehead atoms. The Balaban J connectivity index is 2.23. The summed E-state index contributed by atoms with van der Waals surface area (Å²) in [7, 11) is -3.72. The van der Waals surface area contributed by atoms with E-state index in [1.54, 1.807) is 26.2 Å². The normalized spacial score (nSPS) is 13.5. The molecule has 0 amide bonds. The molecule has 2 aromatic rings. The van der Waals surface area contributed by atoms with Gasteiger partial charge in [-0.2, -0.15) is 9.82 Å². The first-order chi connectivity index (χ1) is 9.95. The number of aromatic amines is 2. The van der Waals surface area contributed by atoms with Gasteiger partial charge in [-0.25, -0.2) is 13.4 Å². The molecule has 9 heteroatoms. The minimum atomic E-state index is -3.72. The molecular weight excluding hydrogens is 292 g/mol. The smallest absolute Gasteiger partial charge is 0.260 e. The van der Waals surface area contributed by atoms with Crippen LogP contribution in [0.2, 0.25) is 0 Å². The summed E-state index contributed by atoms with van der Waals surface area (Å²) in [6.45, 7) is 6.68. The number of hydrogen-bond donors (Lipinski definition) is 4. The Kier molecular flexibility index (Phi) is 4.76. The summed E-state index contributed by atoms with van der Waals surface area (Å²) in [6.07, 6.45) is 3.23. The van der Waals surface area contributed by atoms with Gasteiger partial charge in [0.2, 0.25) is 0 Å². The molecule has 0 fully saturated rings. The number of imidazole rings is 1. The van der Waals surface area contributed by atoms with Gasteiger partial charge in [0.15, 0.2) is 5.03 Å². The van der Waals surface area contributed by atoms with Crippen molar-refractivity contribution in [2.45, 2.75) is 38.4 Å². The average molecular weight is 312 g/mol. The van der Waals surface area contributed by atoms with E-state index in [4.69, 9.17) is 0 Å². The van der Waals surface area contributed by atoms with Crippen molar-refractivity contribution in [3.8, 4) is 0 Å². The Morgan fingerprint density at radius 1 is 1.43 bits per heavy atom. The van der Waals surface area contributed by atoms with E-state index in [-0.39, 0.29) is 5.03 Å². The predicted octanol–water partition coefficient (Wildman–Crippen LogP) is 0.590. The highest BCUT2D eigenvalue weighted by molar-refractivity contribution is 7.89. The Morgan fingerprint density at radius 3 is 2.81 bits per heavy atom. The van der Waals surface area contributed by atoms with Gasteiger partial charge in [0.1, 0.15) is 5.82 Å². The SMILES string of the molecule is CCNCc1c(S(=O)(=O)NC(C)c2ncc[nH]2)n[nH]c1C. The van der Waals surface area contributed by atoms with Crippen LogP contribution in [0, 0.1) is 6.92 Å². The molecule has 0 saturated carbocycles. The summed E-state index contributed by atoms with van der Waals surface area (Å²) in [4.78, 5) is 6.93. The molecule has 0 aromatic carbocycles. The van der Waals surface area contributed by atoms with E-state index in [0.717, 1.165) is 12.2 Å². The van der Waals surface area contributed by atoms with E-state index in [1.165, 1.54) is 0 Å². The number of H-pyrrole nitrogens is 2. The molecule has 0 aliphatic heterocycles. The third-order valence-corrected chi connectivity index (χ3v) is 4.61. The van der Waals surface area contributed by atoms with Gasteiger partial charge in [-0.15, -0.1) is 0 Å². The molecule has 1 unspecified atom stereocenters. The van der Waals surface area contributed by atoms with Gasteiger partial charge in [0.25, 0.3) is 10.0 Å². The third kappa shape index (κ3) is 3.49. The first kappa shape index (κ1) is 15.7. The molecular formula is C12H20N6O2S. The molecule has 0 aliphatic carbocycles. The van der Waals surface area contributed by atoms with Crippen LogP contribution in [0.5, 0.6) is 0 Å². The summed E-state index contributed by atoms with van der Waals surface area (Å²) in [5.74, 6) is 0.555. The van der Waals surface area contributed by atoms with Gasteiger partial charge in [-0.3, -0.25) is 5.10 Å². The zero-order chi connectivity index (χ0) is 15.5. The van der Waals surface area contributed by atoms with E-state index in [1.807, 2.05) is 6.92 Å². The Bertz CT molecular complexity index is 677. The van der Waals surface area contributed by atoms with Crippen molar-refractivity contribution in [1.29, 1.82) is 0 Å². The van der Waals surface area contributed by atoms with Crippen LogP contribution < -0.4 is 10.0 Å². The minimum Gasteiger partial charge on any atom is -0.347 e. The molecule has 8 nitrogen and oxygen atoms in total. The predicted molar refractivity (Wildman–Crippen MR) is 78.0 cm³/mol. The standard InChI is InChI=1S/C12H20N6O2S/c1-4-13-7-10-8(2)16-17-12(10)21(19,20)18-9(3)11-14-5-6-15-11/h5-6,9,13,18H,4,7H2,1-3H3,(H,14,15)(H,16,17). The van der Waals surface area contributed by atoms with E-state index in [0.29, 0.717) is 17.9 Å². The summed E-state index contributed by atoms with van der Waals surface area (Å²) in [5.41, 5.74) is 1.39. The van der Waals surface area contributed by atoms with Crippen LogP contribution >= 0.6 is 0 Å². The fraction of sp³-hybridized carbons (Fsp3) is 0.500. The highest BCUT2D eigenvalue weighted by atomic mass is 32.2. The molecule has 0 aliphatic rings. The van der Waals surface area contributed by atoms with Crippen molar-refractivity contribution in [2.75, 3.05) is 6.54 Å². The van der Waals surface area contributed by atoms with E-state index in [2.05, 4.69) is 30.2 Å². The quantitative estimate of drug-likeness (QED) is 0.597. The monoisotopic (exact) mass is 312 g/mol. The number of nitrogens with one attached hydrogen (secondary N) is 4. The van der Waals surface area contributed by atoms with Gasteiger partial charge in [-0.05, 0) is 20.4 Å². The molecule has 0 spiro atoms. The number of hydrogen-bond acceptors (Lipinski definition) is 5. The Morgan fingerprint density at radius 2 is 2.19 bits per heavy atom. The van der Waals surface area contributed by atoms with E-state index < -0.39 is 16.1 Å². The zero-order valence-corrected chi connectivity index (χ0v) is 13.1. The number of sulfonamides is 1. The van der Waals surface area contributed by atoms with Crippen LogP contribution in [-0.4, -0.2) is 35.1 Å². The lowest BCUT2D eigenvalue weighted by molar-refractivity contribution is 0.554. The highest BCUT2D eigenvalue weighted by Gasteiger charge is 2.26. The second-order valence-electron chi connectivity index (χ2n) is 4.73. The van der Waals surface area contributed by atoms with Crippen molar-refractivity contribution < 1.29 is 8.42 Å². The molecule has 0 saturated heterocycles. The highest BCUT2D eigenvalue weighted by Crippen LogP contribution is 2.18. The summed E-state index contributed by atoms with van der Waals surface area (Å²) < 4.78 is 27.5. The van der Waals surface area contributed by atoms with Crippen molar-refractivity contribution in [1.82, 2.24) is 30.2 Å². The molecule has 2 heterocycles. The molecule has 21 heavy (non-hydrogen) atoms. The van der Waals surface area contributed by atoms with Gasteiger partial charge >= 0.3 is 0 Å². The van der Waals surface area contributed by atoms with Gasteiger partial charge in [0.05, 0.1) is 6.04 Å². The zero-order valence-electron chi connectivity index (χ0n) is 12.3. The van der Waals surface area contributed by atoms with Crippen LogP contribution in [0.3, 0.4) is 0 Å². The van der Waals surface area contributed by atoms with Gasteiger partial charge in [0, 0.05) is 30.2 Å². The fourth-order valence-corrected chi connectivity index (χ4v) is 3.37. The molecule has 4 N–H and O–H groups in total. The molecule has 2 aromatic heterocycles. The maximum atomic E-state index is 12.5. The summed E-state index contributed by atoms with van der Waals surface area (Å²) >= 11 is 0. The maximum Gasteiger partial charge on any atom is 0.260 e. The average Bonchev–Trinajstić information content (AvgIpc) is 3.05. The first-order valence-electron chi connectivity index (χ1n) is 6.72. The number of rotatable bonds is 7. The van der Waals surface area contributed by atoms with Crippen LogP contribution in [0.4, 0.5) is 0 Å². The summed E-state index contributed by atoms with van der Waals surface area (Å²) in [6, 6.07) is -0.464. The molecule has 2 rings (SSSR count). The first-order valence-corrected chi connectivity index (χ1v) is 8.20. The topological polar surface area (TPSA) is 116 Å². The minimum absolute atomic E-state index is 0.0272. The largest absolute Gasteiger partial charge is 0.347 e. The van der Waals surface area contributed by atoms with Gasteiger partial charge < -0.3 is 10.3 Å². The van der Waals surface area contributed by atoms with E-state index >= 15 is 0 Å². The second kappa shape index (κ2) is 6.37. The lowest BCUT2D eigenvalue weighted by Gasteiger charge is -2.12. The van der Waals surface area contributed by atoms with Crippen LogP contribution in [0.25, 0.3) is 0 Å². The van der Waals surface area contributed by atoms with Crippen molar-refractivity contribution in [3.05, 3.63) is 29.5 Å². The van der Waals surface area contributed by atoms with Gasteiger partial charge in [-0.1, -0.05) is 6.92 Å². The lowest BCUT2D eigenvalue weighted by Crippen LogP contribution is -2.29. The van der Waals surface area contributed by atoms with Crippen LogP contribution in [-0.2, 0) is 16.6 Å². The van der Waals surface area contributed by atoms with Crippen molar-refractivity contribution >= 4 is 10.0 Å². The van der Waals surface area contributed by atoms with Crippen LogP contribution in [0.1, 0.15) is 37.0 Å². The van der Waals surface area contributed by atoms with Crippen LogP contribution in [0.15, 0.2) is 17.4 Å². The molecule has 1 atom stereocenters. The van der Waals surface area contributed by atoms with Crippen molar-refractivity contribution in [3.63, 3.8) is 0 Å². The molecule has 116 valence electrons. The third-order valence-electron chi connectivity index (χ3n) is 3.10.